The van der Waals surface area contributed by atoms with Crippen molar-refractivity contribution in [3.8, 4) is 6.07 Å². The molecule has 0 N–H and O–H groups in total. The highest BCUT2D eigenvalue weighted by atomic mass is 16.2. The van der Waals surface area contributed by atoms with Crippen molar-refractivity contribution in [1.29, 1.82) is 5.26 Å². The van der Waals surface area contributed by atoms with Gasteiger partial charge in [0.1, 0.15) is 0 Å². The molecule has 1 aromatic heterocycles. The summed E-state index contributed by atoms with van der Waals surface area (Å²) in [7, 11) is 0. The summed E-state index contributed by atoms with van der Waals surface area (Å²) in [6.45, 7) is 2.77. The molecule has 1 aliphatic rings. The summed E-state index contributed by atoms with van der Waals surface area (Å²) in [5.41, 5.74) is 1.18. The molecular weight excluding hydrogens is 278 g/mol. The Labute approximate surface area is 128 Å². The van der Waals surface area contributed by atoms with Gasteiger partial charge in [0, 0.05) is 37.9 Å². The number of carbonyl (C=O) groups is 1. The molecule has 0 aliphatic carbocycles. The van der Waals surface area contributed by atoms with Crippen molar-refractivity contribution in [3.05, 3.63) is 53.7 Å². The molecule has 22 heavy (non-hydrogen) atoms. The number of benzene rings is 1. The van der Waals surface area contributed by atoms with Crippen molar-refractivity contribution in [3.63, 3.8) is 0 Å². The van der Waals surface area contributed by atoms with Crippen LogP contribution < -0.4 is 4.90 Å². The predicted molar refractivity (Wildman–Crippen MR) is 81.3 cm³/mol. The van der Waals surface area contributed by atoms with Gasteiger partial charge in [0.05, 0.1) is 11.6 Å². The minimum Gasteiger partial charge on any atom is -0.352 e. The van der Waals surface area contributed by atoms with E-state index in [9.17, 15) is 4.79 Å². The third-order valence-electron chi connectivity index (χ3n) is 3.71. The van der Waals surface area contributed by atoms with Gasteiger partial charge >= 0.3 is 0 Å². The second kappa shape index (κ2) is 6.22. The molecule has 2 heterocycles. The van der Waals surface area contributed by atoms with E-state index in [1.807, 2.05) is 17.0 Å². The van der Waals surface area contributed by atoms with Gasteiger partial charge in [0.15, 0.2) is 5.82 Å². The van der Waals surface area contributed by atoms with E-state index in [-0.39, 0.29) is 5.91 Å². The zero-order valence-corrected chi connectivity index (χ0v) is 12.0. The lowest BCUT2D eigenvalue weighted by atomic mass is 10.1. The number of nitrogens with zero attached hydrogens (tertiary/aromatic N) is 5. The number of rotatable bonds is 2. The standard InChI is InChI=1S/C16H15N5O/c17-12-13-3-5-14(6-4-13)16(22)21-10-8-20(9-11-21)15-2-1-7-18-19-15/h1-7H,8-11H2. The third-order valence-corrected chi connectivity index (χ3v) is 3.71. The molecule has 0 atom stereocenters. The van der Waals surface area contributed by atoms with Crippen molar-refractivity contribution in [2.45, 2.75) is 0 Å². The van der Waals surface area contributed by atoms with Crippen LogP contribution in [0.2, 0.25) is 0 Å². The number of anilines is 1. The molecule has 3 rings (SSSR count). The SMILES string of the molecule is N#Cc1ccc(C(=O)N2CCN(c3cccnn3)CC2)cc1. The highest BCUT2D eigenvalue weighted by molar-refractivity contribution is 5.94. The molecule has 0 unspecified atom stereocenters. The Morgan fingerprint density at radius 1 is 1.09 bits per heavy atom. The molecule has 1 saturated heterocycles. The van der Waals surface area contributed by atoms with Gasteiger partial charge in [-0.15, -0.1) is 5.10 Å². The van der Waals surface area contributed by atoms with E-state index in [0.29, 0.717) is 24.2 Å². The Bertz CT molecular complexity index is 685. The van der Waals surface area contributed by atoms with Crippen LogP contribution in [0.25, 0.3) is 0 Å². The first-order valence-corrected chi connectivity index (χ1v) is 7.10. The molecule has 6 nitrogen and oxygen atoms in total. The van der Waals surface area contributed by atoms with Crippen LogP contribution in [0.4, 0.5) is 5.82 Å². The minimum absolute atomic E-state index is 0.00304. The first-order chi connectivity index (χ1) is 10.8. The molecule has 1 fully saturated rings. The molecule has 110 valence electrons. The molecule has 1 aliphatic heterocycles. The molecule has 2 aromatic rings. The Morgan fingerprint density at radius 3 is 2.41 bits per heavy atom. The van der Waals surface area contributed by atoms with Gasteiger partial charge in [0.2, 0.25) is 0 Å². The van der Waals surface area contributed by atoms with E-state index in [1.54, 1.807) is 30.5 Å². The maximum Gasteiger partial charge on any atom is 0.253 e. The maximum absolute atomic E-state index is 12.4. The first kappa shape index (κ1) is 14.0. The normalized spacial score (nSPS) is 14.5. The van der Waals surface area contributed by atoms with Crippen LogP contribution in [0.3, 0.4) is 0 Å². The van der Waals surface area contributed by atoms with Crippen molar-refractivity contribution >= 4 is 11.7 Å². The van der Waals surface area contributed by atoms with E-state index < -0.39 is 0 Å². The fraction of sp³-hybridized carbons (Fsp3) is 0.250. The van der Waals surface area contributed by atoms with E-state index in [0.717, 1.165) is 18.9 Å². The summed E-state index contributed by atoms with van der Waals surface area (Å²) in [4.78, 5) is 16.4. The lowest BCUT2D eigenvalue weighted by Crippen LogP contribution is -2.49. The maximum atomic E-state index is 12.4. The second-order valence-electron chi connectivity index (χ2n) is 5.05. The molecule has 1 aromatic carbocycles. The van der Waals surface area contributed by atoms with E-state index in [1.165, 1.54) is 0 Å². The molecule has 0 bridgehead atoms. The Morgan fingerprint density at radius 2 is 1.82 bits per heavy atom. The van der Waals surface area contributed by atoms with Crippen LogP contribution >= 0.6 is 0 Å². The number of carbonyl (C=O) groups excluding carboxylic acids is 1. The molecule has 0 saturated carbocycles. The summed E-state index contributed by atoms with van der Waals surface area (Å²) in [5, 5.41) is 16.8. The van der Waals surface area contributed by atoms with Gasteiger partial charge in [0.25, 0.3) is 5.91 Å². The Kier molecular flexibility index (Phi) is 3.97. The zero-order chi connectivity index (χ0) is 15.4. The summed E-state index contributed by atoms with van der Waals surface area (Å²) in [6, 6.07) is 12.6. The first-order valence-electron chi connectivity index (χ1n) is 7.10. The van der Waals surface area contributed by atoms with Crippen LogP contribution in [-0.4, -0.2) is 47.2 Å². The van der Waals surface area contributed by atoms with Gasteiger partial charge in [-0.3, -0.25) is 4.79 Å². The molecule has 0 radical (unpaired) electrons. The topological polar surface area (TPSA) is 73.1 Å². The number of piperazine rings is 1. The van der Waals surface area contributed by atoms with Crippen LogP contribution in [0.5, 0.6) is 0 Å². The van der Waals surface area contributed by atoms with E-state index in [2.05, 4.69) is 21.2 Å². The minimum atomic E-state index is 0.00304. The monoisotopic (exact) mass is 293 g/mol. The summed E-state index contributed by atoms with van der Waals surface area (Å²) >= 11 is 0. The predicted octanol–water partition coefficient (Wildman–Crippen LogP) is 1.31. The molecule has 6 heteroatoms. The average Bonchev–Trinajstić information content (AvgIpc) is 2.62. The average molecular weight is 293 g/mol. The Balaban J connectivity index is 1.63. The van der Waals surface area contributed by atoms with Crippen molar-refractivity contribution in [2.24, 2.45) is 0 Å². The lowest BCUT2D eigenvalue weighted by molar-refractivity contribution is 0.0746. The van der Waals surface area contributed by atoms with Gasteiger partial charge in [-0.2, -0.15) is 10.4 Å². The van der Waals surface area contributed by atoms with Crippen LogP contribution in [-0.2, 0) is 0 Å². The largest absolute Gasteiger partial charge is 0.352 e. The fourth-order valence-electron chi connectivity index (χ4n) is 2.47. The summed E-state index contributed by atoms with van der Waals surface area (Å²) in [6.07, 6.45) is 1.65. The van der Waals surface area contributed by atoms with Crippen LogP contribution in [0.1, 0.15) is 15.9 Å². The van der Waals surface area contributed by atoms with Crippen LogP contribution in [0, 0.1) is 11.3 Å². The van der Waals surface area contributed by atoms with Gasteiger partial charge in [-0.25, -0.2) is 0 Å². The van der Waals surface area contributed by atoms with Gasteiger partial charge < -0.3 is 9.80 Å². The van der Waals surface area contributed by atoms with Gasteiger partial charge in [-0.1, -0.05) is 0 Å². The number of hydrogen-bond acceptors (Lipinski definition) is 5. The summed E-state index contributed by atoms with van der Waals surface area (Å²) in [5.74, 6) is 0.844. The van der Waals surface area contributed by atoms with E-state index in [4.69, 9.17) is 5.26 Å². The Hall–Kier alpha value is -2.94. The smallest absolute Gasteiger partial charge is 0.253 e. The number of aromatic nitrogens is 2. The van der Waals surface area contributed by atoms with Crippen molar-refractivity contribution in [1.82, 2.24) is 15.1 Å². The third kappa shape index (κ3) is 2.88. The van der Waals surface area contributed by atoms with Gasteiger partial charge in [-0.05, 0) is 36.4 Å². The summed E-state index contributed by atoms with van der Waals surface area (Å²) < 4.78 is 0. The number of amides is 1. The van der Waals surface area contributed by atoms with Crippen LogP contribution in [0.15, 0.2) is 42.6 Å². The molecular formula is C16H15N5O. The highest BCUT2D eigenvalue weighted by Gasteiger charge is 2.22. The fourth-order valence-corrected chi connectivity index (χ4v) is 2.47. The highest BCUT2D eigenvalue weighted by Crippen LogP contribution is 2.14. The number of nitriles is 1. The van der Waals surface area contributed by atoms with Crippen molar-refractivity contribution in [2.75, 3.05) is 31.1 Å². The number of hydrogen-bond donors (Lipinski definition) is 0. The zero-order valence-electron chi connectivity index (χ0n) is 12.0. The quantitative estimate of drug-likeness (QED) is 0.834. The van der Waals surface area contributed by atoms with Crippen molar-refractivity contribution < 1.29 is 4.79 Å². The second-order valence-corrected chi connectivity index (χ2v) is 5.05. The molecule has 1 amide bonds. The molecule has 0 spiro atoms. The van der Waals surface area contributed by atoms with E-state index >= 15 is 0 Å². The lowest BCUT2D eigenvalue weighted by Gasteiger charge is -2.35.